The third-order valence-corrected chi connectivity index (χ3v) is 6.52. The van der Waals surface area contributed by atoms with Gasteiger partial charge in [-0.1, -0.05) is 35.3 Å². The molecule has 0 N–H and O–H groups in total. The zero-order chi connectivity index (χ0) is 25.6. The van der Waals surface area contributed by atoms with E-state index >= 15 is 0 Å². The molecule has 12 heteroatoms. The van der Waals surface area contributed by atoms with E-state index in [0.717, 1.165) is 11.8 Å². The van der Waals surface area contributed by atoms with Gasteiger partial charge in [0.25, 0.3) is 5.91 Å². The number of carbonyl (C=O) groups excluding carboxylic acids is 1. The summed E-state index contributed by atoms with van der Waals surface area (Å²) in [6, 6.07) is 13.0. The molecule has 0 bridgehead atoms. The molecule has 1 aliphatic rings. The molecule has 6 nitrogen and oxygen atoms in total. The van der Waals surface area contributed by atoms with Crippen molar-refractivity contribution >= 4 is 40.4 Å². The summed E-state index contributed by atoms with van der Waals surface area (Å²) in [5.41, 5.74) is -0.472. The number of alkyl halides is 3. The maximum atomic E-state index is 13.9. The van der Waals surface area contributed by atoms with Gasteiger partial charge < -0.3 is 9.80 Å². The number of carbonyl (C=O) groups is 1. The van der Waals surface area contributed by atoms with Crippen LogP contribution in [0.1, 0.15) is 16.2 Å². The van der Waals surface area contributed by atoms with Crippen molar-refractivity contribution in [2.24, 2.45) is 0 Å². The highest BCUT2D eigenvalue weighted by atomic mass is 35.5. The second kappa shape index (κ2) is 9.25. The Balaban J connectivity index is 1.46. The number of rotatable bonds is 3. The lowest BCUT2D eigenvalue weighted by Crippen LogP contribution is -2.49. The van der Waals surface area contributed by atoms with E-state index in [1.807, 2.05) is 4.90 Å². The van der Waals surface area contributed by atoms with Gasteiger partial charge in [-0.3, -0.25) is 4.79 Å². The number of benzene rings is 2. The van der Waals surface area contributed by atoms with Crippen LogP contribution in [-0.2, 0) is 6.18 Å². The first-order valence-corrected chi connectivity index (χ1v) is 11.6. The maximum Gasteiger partial charge on any atom is 0.433 e. The molecule has 1 fully saturated rings. The van der Waals surface area contributed by atoms with E-state index < -0.39 is 17.8 Å². The normalized spacial score (nSPS) is 14.5. The molecule has 1 aliphatic heterocycles. The lowest BCUT2D eigenvalue weighted by molar-refractivity contribution is -0.142. The maximum absolute atomic E-state index is 13.9. The Morgan fingerprint density at radius 1 is 0.917 bits per heavy atom. The van der Waals surface area contributed by atoms with Crippen LogP contribution in [-0.4, -0.2) is 51.6 Å². The van der Waals surface area contributed by atoms with Gasteiger partial charge in [-0.15, -0.1) is 0 Å². The molecular formula is C24H17Cl2F4N5O. The van der Waals surface area contributed by atoms with Crippen molar-refractivity contribution in [2.75, 3.05) is 31.1 Å². The van der Waals surface area contributed by atoms with Crippen LogP contribution in [0, 0.1) is 5.82 Å². The first-order valence-electron chi connectivity index (χ1n) is 10.8. The Labute approximate surface area is 212 Å². The molecule has 5 rings (SSSR count). The monoisotopic (exact) mass is 537 g/mol. The number of anilines is 1. The molecule has 0 atom stereocenters. The van der Waals surface area contributed by atoms with E-state index in [9.17, 15) is 22.4 Å². The van der Waals surface area contributed by atoms with Gasteiger partial charge in [0.15, 0.2) is 17.0 Å². The molecule has 1 saturated heterocycles. The first-order chi connectivity index (χ1) is 17.1. The predicted molar refractivity (Wildman–Crippen MR) is 128 cm³/mol. The Bertz CT molecular complexity index is 1430. The highest BCUT2D eigenvalue weighted by molar-refractivity contribution is 6.36. The third kappa shape index (κ3) is 4.58. The number of halogens is 6. The second-order valence-electron chi connectivity index (χ2n) is 8.18. The summed E-state index contributed by atoms with van der Waals surface area (Å²) in [4.78, 5) is 20.9. The van der Waals surface area contributed by atoms with Crippen LogP contribution in [0.5, 0.6) is 0 Å². The number of amides is 1. The molecule has 0 unspecified atom stereocenters. The van der Waals surface area contributed by atoms with Gasteiger partial charge >= 0.3 is 6.18 Å². The van der Waals surface area contributed by atoms with E-state index in [1.165, 1.54) is 41.3 Å². The van der Waals surface area contributed by atoms with Crippen molar-refractivity contribution < 1.29 is 22.4 Å². The highest BCUT2D eigenvalue weighted by Crippen LogP contribution is 2.35. The van der Waals surface area contributed by atoms with Crippen LogP contribution < -0.4 is 4.90 Å². The zero-order valence-corrected chi connectivity index (χ0v) is 19.9. The van der Waals surface area contributed by atoms with E-state index in [4.69, 9.17) is 23.2 Å². The summed E-state index contributed by atoms with van der Waals surface area (Å²) in [6.45, 7) is 1.48. The SMILES string of the molecule is O=C(c1nn2c(C(F)(F)F)cc(-c3ccc(Cl)cc3)nc2c1Cl)N1CCN(c2ccc(F)cc2)CC1. The minimum Gasteiger partial charge on any atom is -0.368 e. The van der Waals surface area contributed by atoms with E-state index in [-0.39, 0.29) is 41.0 Å². The number of aromatic nitrogens is 3. The summed E-state index contributed by atoms with van der Waals surface area (Å²) < 4.78 is 55.5. The average molecular weight is 538 g/mol. The van der Waals surface area contributed by atoms with E-state index in [1.54, 1.807) is 12.1 Å². The van der Waals surface area contributed by atoms with E-state index in [2.05, 4.69) is 10.1 Å². The second-order valence-corrected chi connectivity index (χ2v) is 9.00. The molecule has 3 heterocycles. The standard InChI is InChI=1S/C24H17Cl2F4N5O/c25-15-3-1-14(2-4-15)18-13-19(24(28,29)30)35-22(31-18)20(26)21(32-35)23(36)34-11-9-33(10-12-34)17-7-5-16(27)6-8-17/h1-8,13H,9-12H2. The van der Waals surface area contributed by atoms with Crippen molar-refractivity contribution in [3.05, 3.63) is 81.8 Å². The molecule has 0 radical (unpaired) electrons. The fourth-order valence-corrected chi connectivity index (χ4v) is 4.43. The number of nitrogens with zero attached hydrogens (tertiary/aromatic N) is 5. The fourth-order valence-electron chi connectivity index (χ4n) is 4.07. The number of hydrogen-bond acceptors (Lipinski definition) is 4. The summed E-state index contributed by atoms with van der Waals surface area (Å²) >= 11 is 12.3. The molecule has 2 aromatic heterocycles. The molecule has 2 aromatic carbocycles. The van der Waals surface area contributed by atoms with Crippen LogP contribution >= 0.6 is 23.2 Å². The topological polar surface area (TPSA) is 53.7 Å². The van der Waals surface area contributed by atoms with Crippen LogP contribution in [0.15, 0.2) is 54.6 Å². The van der Waals surface area contributed by atoms with Crippen molar-refractivity contribution in [1.82, 2.24) is 19.5 Å². The van der Waals surface area contributed by atoms with Gasteiger partial charge in [0.1, 0.15) is 10.8 Å². The molecule has 0 aliphatic carbocycles. The van der Waals surface area contributed by atoms with Gasteiger partial charge in [0, 0.05) is 42.5 Å². The van der Waals surface area contributed by atoms with E-state index in [0.29, 0.717) is 28.2 Å². The van der Waals surface area contributed by atoms with Crippen LogP contribution in [0.2, 0.25) is 10.0 Å². The number of piperazine rings is 1. The van der Waals surface area contributed by atoms with Gasteiger partial charge in [0.05, 0.1) is 5.69 Å². The minimum absolute atomic E-state index is 0.0141. The van der Waals surface area contributed by atoms with Crippen molar-refractivity contribution in [3.63, 3.8) is 0 Å². The molecule has 4 aromatic rings. The van der Waals surface area contributed by atoms with Crippen molar-refractivity contribution in [3.8, 4) is 11.3 Å². The van der Waals surface area contributed by atoms with Gasteiger partial charge in [-0.2, -0.15) is 18.3 Å². The summed E-state index contributed by atoms with van der Waals surface area (Å²) in [5.74, 6) is -0.939. The van der Waals surface area contributed by atoms with Crippen LogP contribution in [0.3, 0.4) is 0 Å². The van der Waals surface area contributed by atoms with Gasteiger partial charge in [0.2, 0.25) is 0 Å². The first kappa shape index (κ1) is 24.3. The third-order valence-electron chi connectivity index (χ3n) is 5.92. The van der Waals surface area contributed by atoms with Gasteiger partial charge in [-0.25, -0.2) is 13.9 Å². The molecule has 0 spiro atoms. The number of hydrogen-bond donors (Lipinski definition) is 0. The summed E-state index contributed by atoms with van der Waals surface area (Å²) in [6.07, 6.45) is -4.78. The molecule has 186 valence electrons. The lowest BCUT2D eigenvalue weighted by atomic mass is 10.1. The molecule has 0 saturated carbocycles. The summed E-state index contributed by atoms with van der Waals surface area (Å²) in [5, 5.41) is 4.08. The van der Waals surface area contributed by atoms with Crippen molar-refractivity contribution in [2.45, 2.75) is 6.18 Å². The Kier molecular flexibility index (Phi) is 6.25. The Morgan fingerprint density at radius 2 is 1.56 bits per heavy atom. The molecular weight excluding hydrogens is 521 g/mol. The lowest BCUT2D eigenvalue weighted by Gasteiger charge is -2.35. The number of fused-ring (bicyclic) bond motifs is 1. The largest absolute Gasteiger partial charge is 0.433 e. The Hall–Kier alpha value is -3.37. The smallest absolute Gasteiger partial charge is 0.368 e. The van der Waals surface area contributed by atoms with Crippen LogP contribution in [0.25, 0.3) is 16.9 Å². The molecule has 36 heavy (non-hydrogen) atoms. The van der Waals surface area contributed by atoms with Gasteiger partial charge in [-0.05, 0) is 42.5 Å². The zero-order valence-electron chi connectivity index (χ0n) is 18.4. The minimum atomic E-state index is -4.78. The Morgan fingerprint density at radius 3 is 2.17 bits per heavy atom. The fraction of sp³-hybridized carbons (Fsp3) is 0.208. The van der Waals surface area contributed by atoms with Crippen LogP contribution in [0.4, 0.5) is 23.2 Å². The molecule has 1 amide bonds. The predicted octanol–water partition coefficient (Wildman–Crippen LogP) is 5.82. The quantitative estimate of drug-likeness (QED) is 0.309. The highest BCUT2D eigenvalue weighted by Gasteiger charge is 2.37. The van der Waals surface area contributed by atoms with Crippen molar-refractivity contribution in [1.29, 1.82) is 0 Å². The average Bonchev–Trinajstić information content (AvgIpc) is 3.19. The summed E-state index contributed by atoms with van der Waals surface area (Å²) in [7, 11) is 0.